The van der Waals surface area contributed by atoms with Crippen molar-refractivity contribution in [2.75, 3.05) is 11.9 Å². The summed E-state index contributed by atoms with van der Waals surface area (Å²) in [7, 11) is 0. The van der Waals surface area contributed by atoms with E-state index in [2.05, 4.69) is 10.3 Å². The number of anilines is 1. The first-order chi connectivity index (χ1) is 8.16. The van der Waals surface area contributed by atoms with Crippen molar-refractivity contribution in [3.05, 3.63) is 23.9 Å². The van der Waals surface area contributed by atoms with Crippen LogP contribution in [-0.4, -0.2) is 17.4 Å². The van der Waals surface area contributed by atoms with Crippen molar-refractivity contribution in [3.63, 3.8) is 0 Å². The second-order valence-corrected chi connectivity index (χ2v) is 4.87. The van der Waals surface area contributed by atoms with Crippen LogP contribution in [0.15, 0.2) is 18.3 Å². The lowest BCUT2D eigenvalue weighted by Gasteiger charge is -2.25. The summed E-state index contributed by atoms with van der Waals surface area (Å²) in [6, 6.07) is 3.76. The monoisotopic (exact) mass is 233 g/mol. The van der Waals surface area contributed by atoms with Crippen LogP contribution in [0.3, 0.4) is 0 Å². The quantitative estimate of drug-likeness (QED) is 0.837. The molecule has 0 aliphatic heterocycles. The summed E-state index contributed by atoms with van der Waals surface area (Å²) in [4.78, 5) is 16.4. The molecule has 1 aliphatic carbocycles. The first-order valence-electron chi connectivity index (χ1n) is 6.10. The van der Waals surface area contributed by atoms with E-state index in [1.165, 1.54) is 0 Å². The number of nitrogens with one attached hydrogen (secondary N) is 1. The zero-order valence-corrected chi connectivity index (χ0v) is 10.2. The van der Waals surface area contributed by atoms with E-state index in [1.807, 2.05) is 19.1 Å². The Labute approximate surface area is 102 Å². The van der Waals surface area contributed by atoms with Crippen LogP contribution in [0.1, 0.15) is 31.2 Å². The minimum Gasteiger partial charge on any atom is -0.329 e. The molecule has 1 fully saturated rings. The predicted octanol–water partition coefficient (Wildman–Crippen LogP) is 1.85. The maximum atomic E-state index is 12.2. The largest absolute Gasteiger partial charge is 0.329 e. The summed E-state index contributed by atoms with van der Waals surface area (Å²) in [6.45, 7) is 2.39. The summed E-state index contributed by atoms with van der Waals surface area (Å²) in [6.07, 6.45) is 5.71. The number of nitrogens with zero attached hydrogens (tertiary/aromatic N) is 1. The standard InChI is InChI=1S/C13H19N3O/c1-10-4-5-11(15-8-10)16-12(17)13(9-14)6-2-3-7-13/h4-5,8H,2-3,6-7,9,14H2,1H3,(H,15,16,17). The SMILES string of the molecule is Cc1ccc(NC(=O)C2(CN)CCCC2)nc1. The number of aryl methyl sites for hydroxylation is 1. The Morgan fingerprint density at radius 2 is 2.18 bits per heavy atom. The highest BCUT2D eigenvalue weighted by atomic mass is 16.2. The highest BCUT2D eigenvalue weighted by Crippen LogP contribution is 2.37. The number of hydrogen-bond donors (Lipinski definition) is 2. The Morgan fingerprint density at radius 1 is 1.47 bits per heavy atom. The number of carbonyl (C=O) groups is 1. The first-order valence-corrected chi connectivity index (χ1v) is 6.10. The van der Waals surface area contributed by atoms with Crippen molar-refractivity contribution in [1.82, 2.24) is 4.98 Å². The number of hydrogen-bond acceptors (Lipinski definition) is 3. The van der Waals surface area contributed by atoms with Crippen molar-refractivity contribution in [2.45, 2.75) is 32.6 Å². The third kappa shape index (κ3) is 2.47. The maximum Gasteiger partial charge on any atom is 0.233 e. The van der Waals surface area contributed by atoms with Gasteiger partial charge in [0.05, 0.1) is 5.41 Å². The number of nitrogens with two attached hydrogens (primary N) is 1. The fraction of sp³-hybridized carbons (Fsp3) is 0.538. The summed E-state index contributed by atoms with van der Waals surface area (Å²) >= 11 is 0. The molecule has 4 heteroatoms. The molecule has 1 amide bonds. The Kier molecular flexibility index (Phi) is 3.43. The van der Waals surface area contributed by atoms with E-state index in [-0.39, 0.29) is 11.3 Å². The zero-order valence-electron chi connectivity index (χ0n) is 10.2. The van der Waals surface area contributed by atoms with Gasteiger partial charge in [-0.2, -0.15) is 0 Å². The van der Waals surface area contributed by atoms with Gasteiger partial charge in [0.15, 0.2) is 0 Å². The van der Waals surface area contributed by atoms with Gasteiger partial charge < -0.3 is 11.1 Å². The van der Waals surface area contributed by atoms with Gasteiger partial charge in [0.1, 0.15) is 5.82 Å². The molecule has 1 heterocycles. The summed E-state index contributed by atoms with van der Waals surface area (Å²) < 4.78 is 0. The van der Waals surface area contributed by atoms with Gasteiger partial charge >= 0.3 is 0 Å². The minimum atomic E-state index is -0.368. The molecule has 3 N–H and O–H groups in total. The molecular formula is C13H19N3O. The lowest BCUT2D eigenvalue weighted by molar-refractivity contribution is -0.124. The van der Waals surface area contributed by atoms with E-state index in [4.69, 9.17) is 5.73 Å². The number of amides is 1. The van der Waals surface area contributed by atoms with E-state index in [1.54, 1.807) is 6.20 Å². The van der Waals surface area contributed by atoms with E-state index in [9.17, 15) is 4.79 Å². The molecule has 92 valence electrons. The van der Waals surface area contributed by atoms with Gasteiger partial charge in [-0.25, -0.2) is 4.98 Å². The van der Waals surface area contributed by atoms with Crippen LogP contribution in [0.2, 0.25) is 0 Å². The van der Waals surface area contributed by atoms with Crippen LogP contribution < -0.4 is 11.1 Å². The average Bonchev–Trinajstić information content (AvgIpc) is 2.82. The zero-order chi connectivity index (χ0) is 12.3. The second-order valence-electron chi connectivity index (χ2n) is 4.87. The summed E-state index contributed by atoms with van der Waals surface area (Å²) in [5.74, 6) is 0.633. The topological polar surface area (TPSA) is 68.0 Å². The molecule has 1 aliphatic rings. The maximum absolute atomic E-state index is 12.2. The van der Waals surface area contributed by atoms with Crippen LogP contribution >= 0.6 is 0 Å². The summed E-state index contributed by atoms with van der Waals surface area (Å²) in [5, 5.41) is 2.87. The molecule has 0 atom stereocenters. The number of pyridine rings is 1. The molecule has 0 saturated heterocycles. The predicted molar refractivity (Wildman–Crippen MR) is 67.6 cm³/mol. The van der Waals surface area contributed by atoms with E-state index in [0.29, 0.717) is 12.4 Å². The number of aromatic nitrogens is 1. The van der Waals surface area contributed by atoms with Crippen molar-refractivity contribution in [1.29, 1.82) is 0 Å². The fourth-order valence-corrected chi connectivity index (χ4v) is 2.37. The third-order valence-corrected chi connectivity index (χ3v) is 3.59. The highest BCUT2D eigenvalue weighted by Gasteiger charge is 2.39. The third-order valence-electron chi connectivity index (χ3n) is 3.59. The molecule has 2 rings (SSSR count). The second kappa shape index (κ2) is 4.84. The van der Waals surface area contributed by atoms with Crippen molar-refractivity contribution < 1.29 is 4.79 Å². The molecule has 0 radical (unpaired) electrons. The van der Waals surface area contributed by atoms with Gasteiger partial charge in [-0.1, -0.05) is 18.9 Å². The van der Waals surface area contributed by atoms with Gasteiger partial charge in [0, 0.05) is 12.7 Å². The molecular weight excluding hydrogens is 214 g/mol. The van der Waals surface area contributed by atoms with Crippen LogP contribution in [0.4, 0.5) is 5.82 Å². The molecule has 1 aromatic rings. The average molecular weight is 233 g/mol. The highest BCUT2D eigenvalue weighted by molar-refractivity contribution is 5.94. The van der Waals surface area contributed by atoms with E-state index in [0.717, 1.165) is 31.2 Å². The van der Waals surface area contributed by atoms with Gasteiger partial charge in [-0.05, 0) is 31.4 Å². The Morgan fingerprint density at radius 3 is 2.71 bits per heavy atom. The number of rotatable bonds is 3. The van der Waals surface area contributed by atoms with Gasteiger partial charge in [0.2, 0.25) is 5.91 Å². The molecule has 4 nitrogen and oxygen atoms in total. The molecule has 0 aromatic carbocycles. The molecule has 0 unspecified atom stereocenters. The Bertz CT molecular complexity index is 394. The lowest BCUT2D eigenvalue weighted by atomic mass is 9.85. The van der Waals surface area contributed by atoms with Crippen LogP contribution in [0.25, 0.3) is 0 Å². The van der Waals surface area contributed by atoms with E-state index < -0.39 is 0 Å². The Hall–Kier alpha value is -1.42. The fourth-order valence-electron chi connectivity index (χ4n) is 2.37. The normalized spacial score (nSPS) is 18.0. The smallest absolute Gasteiger partial charge is 0.233 e. The van der Waals surface area contributed by atoms with Gasteiger partial charge in [-0.3, -0.25) is 4.79 Å². The molecule has 0 bridgehead atoms. The summed E-state index contributed by atoms with van der Waals surface area (Å²) in [5.41, 5.74) is 6.48. The molecule has 0 spiro atoms. The van der Waals surface area contributed by atoms with Gasteiger partial charge in [-0.15, -0.1) is 0 Å². The Balaban J connectivity index is 2.08. The van der Waals surface area contributed by atoms with Crippen molar-refractivity contribution in [2.24, 2.45) is 11.1 Å². The molecule has 1 saturated carbocycles. The van der Waals surface area contributed by atoms with Crippen LogP contribution in [0, 0.1) is 12.3 Å². The van der Waals surface area contributed by atoms with Crippen molar-refractivity contribution in [3.8, 4) is 0 Å². The first kappa shape index (κ1) is 12.0. The van der Waals surface area contributed by atoms with Crippen LogP contribution in [0.5, 0.6) is 0 Å². The number of carbonyl (C=O) groups excluding carboxylic acids is 1. The molecule has 1 aromatic heterocycles. The van der Waals surface area contributed by atoms with Crippen LogP contribution in [-0.2, 0) is 4.79 Å². The minimum absolute atomic E-state index is 0.0221. The van der Waals surface area contributed by atoms with Crippen molar-refractivity contribution >= 4 is 11.7 Å². The molecule has 17 heavy (non-hydrogen) atoms. The lowest BCUT2D eigenvalue weighted by Crippen LogP contribution is -2.40. The van der Waals surface area contributed by atoms with E-state index >= 15 is 0 Å². The van der Waals surface area contributed by atoms with Gasteiger partial charge in [0.25, 0.3) is 0 Å².